The molecule has 0 aliphatic heterocycles. The minimum Gasteiger partial charge on any atom is -0.457 e. The highest BCUT2D eigenvalue weighted by atomic mass is 16.5. The molecule has 2 aromatic rings. The van der Waals surface area contributed by atoms with Crippen LogP contribution >= 0.6 is 0 Å². The minimum absolute atomic E-state index is 0.0723. The molecule has 0 unspecified atom stereocenters. The average molecular weight is 243 g/mol. The molecule has 0 bridgehead atoms. The molecular formula is C15H17NO2. The van der Waals surface area contributed by atoms with E-state index in [4.69, 9.17) is 4.74 Å². The van der Waals surface area contributed by atoms with Crippen molar-refractivity contribution in [3.63, 3.8) is 0 Å². The fraction of sp³-hybridized carbons (Fsp3) is 0.267. The van der Waals surface area contributed by atoms with Crippen LogP contribution in [0.1, 0.15) is 24.5 Å². The lowest BCUT2D eigenvalue weighted by atomic mass is 10.1. The van der Waals surface area contributed by atoms with Gasteiger partial charge in [0.15, 0.2) is 0 Å². The minimum atomic E-state index is -0.0723. The molecule has 3 heteroatoms. The van der Waals surface area contributed by atoms with Gasteiger partial charge in [-0.15, -0.1) is 0 Å². The van der Waals surface area contributed by atoms with Gasteiger partial charge in [0.05, 0.1) is 6.61 Å². The molecule has 0 saturated heterocycles. The molecule has 0 aliphatic rings. The van der Waals surface area contributed by atoms with E-state index in [2.05, 4.69) is 24.0 Å². The van der Waals surface area contributed by atoms with Gasteiger partial charge in [-0.25, -0.2) is 0 Å². The van der Waals surface area contributed by atoms with Gasteiger partial charge in [-0.2, -0.15) is 0 Å². The van der Waals surface area contributed by atoms with Gasteiger partial charge in [0, 0.05) is 18.0 Å². The normalized spacial score (nSPS) is 10.3. The van der Waals surface area contributed by atoms with E-state index in [9.17, 15) is 5.11 Å². The van der Waals surface area contributed by atoms with Crippen molar-refractivity contribution in [1.82, 2.24) is 4.98 Å². The largest absolute Gasteiger partial charge is 0.457 e. The van der Waals surface area contributed by atoms with Crippen LogP contribution < -0.4 is 4.74 Å². The number of benzene rings is 1. The van der Waals surface area contributed by atoms with Gasteiger partial charge in [0.25, 0.3) is 0 Å². The lowest BCUT2D eigenvalue weighted by Gasteiger charge is -2.09. The molecule has 1 heterocycles. The van der Waals surface area contributed by atoms with Crippen LogP contribution in [0.4, 0.5) is 0 Å². The summed E-state index contributed by atoms with van der Waals surface area (Å²) in [7, 11) is 0. The summed E-state index contributed by atoms with van der Waals surface area (Å²) in [5, 5.41) is 9.19. The van der Waals surface area contributed by atoms with Crippen molar-refractivity contribution >= 4 is 0 Å². The van der Waals surface area contributed by atoms with Crippen LogP contribution in [0.3, 0.4) is 0 Å². The Bertz CT molecular complexity index is 494. The molecule has 0 amide bonds. The molecule has 0 saturated carbocycles. The lowest BCUT2D eigenvalue weighted by molar-refractivity contribution is 0.276. The maximum absolute atomic E-state index is 9.19. The zero-order valence-corrected chi connectivity index (χ0v) is 10.5. The fourth-order valence-corrected chi connectivity index (χ4v) is 1.77. The number of aliphatic hydroxyl groups is 1. The first-order valence-electron chi connectivity index (χ1n) is 6.14. The monoisotopic (exact) mass is 243 g/mol. The first kappa shape index (κ1) is 12.6. The van der Waals surface area contributed by atoms with E-state index in [-0.39, 0.29) is 6.61 Å². The predicted octanol–water partition coefficient (Wildman–Crippen LogP) is 3.32. The van der Waals surface area contributed by atoms with Gasteiger partial charge in [0.1, 0.15) is 11.5 Å². The first-order valence-corrected chi connectivity index (χ1v) is 6.14. The molecule has 3 nitrogen and oxygen atoms in total. The number of nitrogens with zero attached hydrogens (tertiary/aromatic N) is 1. The third-order valence-electron chi connectivity index (χ3n) is 2.72. The SMILES string of the molecule is CCCc1ccc(Oc2ccncc2CO)cc1. The molecule has 2 rings (SSSR count). The number of aromatic nitrogens is 1. The summed E-state index contributed by atoms with van der Waals surface area (Å²) in [4.78, 5) is 3.96. The molecule has 1 N–H and O–H groups in total. The van der Waals surface area contributed by atoms with Crippen molar-refractivity contribution < 1.29 is 9.84 Å². The van der Waals surface area contributed by atoms with E-state index in [1.165, 1.54) is 5.56 Å². The van der Waals surface area contributed by atoms with Crippen LogP contribution in [-0.4, -0.2) is 10.1 Å². The van der Waals surface area contributed by atoms with Gasteiger partial charge in [-0.05, 0) is 30.2 Å². The molecule has 94 valence electrons. The van der Waals surface area contributed by atoms with Gasteiger partial charge >= 0.3 is 0 Å². The van der Waals surface area contributed by atoms with Gasteiger partial charge in [0.2, 0.25) is 0 Å². The zero-order valence-electron chi connectivity index (χ0n) is 10.5. The van der Waals surface area contributed by atoms with E-state index in [0.717, 1.165) is 18.6 Å². The Balaban J connectivity index is 2.13. The Morgan fingerprint density at radius 1 is 1.17 bits per heavy atom. The van der Waals surface area contributed by atoms with E-state index in [0.29, 0.717) is 11.3 Å². The van der Waals surface area contributed by atoms with Crippen molar-refractivity contribution in [3.8, 4) is 11.5 Å². The molecule has 1 aromatic heterocycles. The third-order valence-corrected chi connectivity index (χ3v) is 2.72. The van der Waals surface area contributed by atoms with Crippen molar-refractivity contribution in [3.05, 3.63) is 53.9 Å². The molecule has 18 heavy (non-hydrogen) atoms. The van der Waals surface area contributed by atoms with Crippen LogP contribution in [0.5, 0.6) is 11.5 Å². The molecule has 0 atom stereocenters. The van der Waals surface area contributed by atoms with Crippen LogP contribution in [0.25, 0.3) is 0 Å². The average Bonchev–Trinajstić information content (AvgIpc) is 2.42. The Morgan fingerprint density at radius 3 is 2.61 bits per heavy atom. The maximum atomic E-state index is 9.19. The second kappa shape index (κ2) is 6.17. The predicted molar refractivity (Wildman–Crippen MR) is 70.7 cm³/mol. The Morgan fingerprint density at radius 2 is 1.94 bits per heavy atom. The summed E-state index contributed by atoms with van der Waals surface area (Å²) >= 11 is 0. The number of aliphatic hydroxyl groups excluding tert-OH is 1. The summed E-state index contributed by atoms with van der Waals surface area (Å²) in [5.41, 5.74) is 2.00. The van der Waals surface area contributed by atoms with Gasteiger partial charge < -0.3 is 9.84 Å². The first-order chi connectivity index (χ1) is 8.83. The zero-order chi connectivity index (χ0) is 12.8. The number of rotatable bonds is 5. The summed E-state index contributed by atoms with van der Waals surface area (Å²) < 4.78 is 5.73. The van der Waals surface area contributed by atoms with E-state index in [1.54, 1.807) is 18.5 Å². The number of hydrogen-bond donors (Lipinski definition) is 1. The molecule has 0 spiro atoms. The second-order valence-corrected chi connectivity index (χ2v) is 4.14. The smallest absolute Gasteiger partial charge is 0.136 e. The molecule has 0 aliphatic carbocycles. The highest BCUT2D eigenvalue weighted by Crippen LogP contribution is 2.24. The van der Waals surface area contributed by atoms with Crippen molar-refractivity contribution in [2.45, 2.75) is 26.4 Å². The number of pyridine rings is 1. The fourth-order valence-electron chi connectivity index (χ4n) is 1.77. The summed E-state index contributed by atoms with van der Waals surface area (Å²) in [6, 6.07) is 9.79. The van der Waals surface area contributed by atoms with E-state index < -0.39 is 0 Å². The van der Waals surface area contributed by atoms with Crippen LogP contribution in [0.15, 0.2) is 42.7 Å². The van der Waals surface area contributed by atoms with Crippen LogP contribution in [0.2, 0.25) is 0 Å². The van der Waals surface area contributed by atoms with Crippen molar-refractivity contribution in [2.75, 3.05) is 0 Å². The van der Waals surface area contributed by atoms with Crippen LogP contribution in [0, 0.1) is 0 Å². The maximum Gasteiger partial charge on any atom is 0.136 e. The van der Waals surface area contributed by atoms with E-state index in [1.807, 2.05) is 12.1 Å². The molecule has 0 fully saturated rings. The Kier molecular flexibility index (Phi) is 4.31. The Hall–Kier alpha value is -1.87. The number of hydrogen-bond acceptors (Lipinski definition) is 3. The molecule has 1 aromatic carbocycles. The van der Waals surface area contributed by atoms with Crippen molar-refractivity contribution in [2.24, 2.45) is 0 Å². The molecular weight excluding hydrogens is 226 g/mol. The second-order valence-electron chi connectivity index (χ2n) is 4.14. The molecule has 0 radical (unpaired) electrons. The summed E-state index contributed by atoms with van der Waals surface area (Å²) in [6.07, 6.45) is 5.48. The lowest BCUT2D eigenvalue weighted by Crippen LogP contribution is -1.92. The number of aryl methyl sites for hydroxylation is 1. The summed E-state index contributed by atoms with van der Waals surface area (Å²) in [6.45, 7) is 2.09. The van der Waals surface area contributed by atoms with Crippen LogP contribution in [-0.2, 0) is 13.0 Å². The van der Waals surface area contributed by atoms with E-state index >= 15 is 0 Å². The standard InChI is InChI=1S/C15H17NO2/c1-2-3-12-4-6-14(7-5-12)18-15-8-9-16-10-13(15)11-17/h4-10,17H,2-3,11H2,1H3. The number of ether oxygens (including phenoxy) is 1. The van der Waals surface area contributed by atoms with Crippen molar-refractivity contribution in [1.29, 1.82) is 0 Å². The third kappa shape index (κ3) is 3.08. The quantitative estimate of drug-likeness (QED) is 0.876. The van der Waals surface area contributed by atoms with Gasteiger partial charge in [-0.1, -0.05) is 25.5 Å². The topological polar surface area (TPSA) is 42.4 Å². The van der Waals surface area contributed by atoms with Gasteiger partial charge in [-0.3, -0.25) is 4.98 Å². The Labute approximate surface area is 107 Å². The summed E-state index contributed by atoms with van der Waals surface area (Å²) in [5.74, 6) is 1.42. The highest BCUT2D eigenvalue weighted by molar-refractivity contribution is 5.36. The highest BCUT2D eigenvalue weighted by Gasteiger charge is 2.03.